The number of nitrogens with one attached hydrogen (secondary N) is 1. The molecule has 2 aliphatic rings. The van der Waals surface area contributed by atoms with Gasteiger partial charge in [-0.3, -0.25) is 4.79 Å². The first-order valence-electron chi connectivity index (χ1n) is 7.38. The Morgan fingerprint density at radius 3 is 2.61 bits per heavy atom. The lowest BCUT2D eigenvalue weighted by molar-refractivity contribution is -0.133. The third kappa shape index (κ3) is 3.95. The van der Waals surface area contributed by atoms with Crippen molar-refractivity contribution < 1.29 is 9.53 Å². The molecule has 3 N–H and O–H groups in total. The van der Waals surface area contributed by atoms with Crippen molar-refractivity contribution in [1.82, 2.24) is 5.32 Å². The fourth-order valence-electron chi connectivity index (χ4n) is 2.91. The molecule has 1 saturated heterocycles. The Hall–Kier alpha value is -0.610. The van der Waals surface area contributed by atoms with E-state index in [0.717, 1.165) is 38.6 Å². The number of amides is 1. The van der Waals surface area contributed by atoms with E-state index in [0.29, 0.717) is 6.61 Å². The fourth-order valence-corrected chi connectivity index (χ4v) is 2.91. The van der Waals surface area contributed by atoms with E-state index < -0.39 is 0 Å². The Labute approximate surface area is 110 Å². The predicted octanol–water partition coefficient (Wildman–Crippen LogP) is 1.72. The van der Waals surface area contributed by atoms with Crippen molar-refractivity contribution in [1.29, 1.82) is 0 Å². The maximum absolute atomic E-state index is 11.8. The average Bonchev–Trinajstić information content (AvgIpc) is 2.68. The van der Waals surface area contributed by atoms with Crippen LogP contribution in [0.25, 0.3) is 0 Å². The van der Waals surface area contributed by atoms with Gasteiger partial charge in [-0.25, -0.2) is 0 Å². The first-order valence-corrected chi connectivity index (χ1v) is 7.38. The monoisotopic (exact) mass is 254 g/mol. The lowest BCUT2D eigenvalue weighted by Gasteiger charge is -2.29. The molecular formula is C14H26N2O2. The highest BCUT2D eigenvalue weighted by Crippen LogP contribution is 2.26. The molecule has 0 aromatic heterocycles. The summed E-state index contributed by atoms with van der Waals surface area (Å²) >= 11 is 0. The molecule has 0 radical (unpaired) electrons. The van der Waals surface area contributed by atoms with Gasteiger partial charge in [-0.2, -0.15) is 0 Å². The van der Waals surface area contributed by atoms with Gasteiger partial charge in [0, 0.05) is 12.1 Å². The first kappa shape index (κ1) is 13.8. The lowest BCUT2D eigenvalue weighted by Crippen LogP contribution is -2.46. The van der Waals surface area contributed by atoms with Crippen LogP contribution in [0.3, 0.4) is 0 Å². The second-order valence-corrected chi connectivity index (χ2v) is 5.86. The van der Waals surface area contributed by atoms with Gasteiger partial charge >= 0.3 is 0 Å². The van der Waals surface area contributed by atoms with Crippen LogP contribution in [0.1, 0.15) is 57.8 Å². The molecule has 2 fully saturated rings. The summed E-state index contributed by atoms with van der Waals surface area (Å²) in [4.78, 5) is 11.8. The van der Waals surface area contributed by atoms with Gasteiger partial charge in [0.1, 0.15) is 6.10 Å². The van der Waals surface area contributed by atoms with E-state index in [9.17, 15) is 4.79 Å². The number of hydrogen-bond donors (Lipinski definition) is 2. The Bertz CT molecular complexity index is 273. The number of hydrogen-bond acceptors (Lipinski definition) is 3. The summed E-state index contributed by atoms with van der Waals surface area (Å²) in [7, 11) is 0. The first-order chi connectivity index (χ1) is 8.70. The molecule has 4 heteroatoms. The fraction of sp³-hybridized carbons (Fsp3) is 0.929. The summed E-state index contributed by atoms with van der Waals surface area (Å²) in [5, 5.41) is 2.90. The molecule has 1 amide bonds. The minimum atomic E-state index is -0.281. The summed E-state index contributed by atoms with van der Waals surface area (Å²) in [5.74, 6) is 0.0460. The van der Waals surface area contributed by atoms with Crippen LogP contribution in [0.15, 0.2) is 0 Å². The van der Waals surface area contributed by atoms with E-state index in [1.807, 2.05) is 0 Å². The zero-order chi connectivity index (χ0) is 12.8. The second-order valence-electron chi connectivity index (χ2n) is 5.86. The molecule has 18 heavy (non-hydrogen) atoms. The SMILES string of the molecule is NC1(COC2CCCCNC2=O)CCCCCC1. The molecule has 1 aliphatic carbocycles. The molecule has 1 unspecified atom stereocenters. The highest BCUT2D eigenvalue weighted by molar-refractivity contribution is 5.80. The number of carbonyl (C=O) groups excluding carboxylic acids is 1. The van der Waals surface area contributed by atoms with Crippen molar-refractivity contribution >= 4 is 5.91 Å². The molecule has 0 spiro atoms. The van der Waals surface area contributed by atoms with E-state index in [4.69, 9.17) is 10.5 Å². The Balaban J connectivity index is 1.83. The van der Waals surface area contributed by atoms with Crippen LogP contribution in [0.2, 0.25) is 0 Å². The topological polar surface area (TPSA) is 64.3 Å². The Morgan fingerprint density at radius 1 is 1.17 bits per heavy atom. The van der Waals surface area contributed by atoms with Gasteiger partial charge in [-0.1, -0.05) is 25.7 Å². The minimum Gasteiger partial charge on any atom is -0.366 e. The molecule has 4 nitrogen and oxygen atoms in total. The molecule has 1 saturated carbocycles. The summed E-state index contributed by atoms with van der Waals surface area (Å²) in [6.45, 7) is 1.32. The van der Waals surface area contributed by atoms with Gasteiger partial charge in [0.2, 0.25) is 5.91 Å². The summed E-state index contributed by atoms with van der Waals surface area (Å²) in [6.07, 6.45) is 9.67. The van der Waals surface area contributed by atoms with Gasteiger partial charge in [-0.15, -0.1) is 0 Å². The number of ether oxygens (including phenoxy) is 1. The number of nitrogens with two attached hydrogens (primary N) is 1. The maximum Gasteiger partial charge on any atom is 0.249 e. The Morgan fingerprint density at radius 2 is 1.89 bits per heavy atom. The maximum atomic E-state index is 11.8. The van der Waals surface area contributed by atoms with Crippen molar-refractivity contribution in [2.75, 3.05) is 13.2 Å². The van der Waals surface area contributed by atoms with Crippen LogP contribution in [-0.2, 0) is 9.53 Å². The molecule has 2 rings (SSSR count). The third-order valence-electron chi connectivity index (χ3n) is 4.16. The van der Waals surface area contributed by atoms with Gasteiger partial charge in [0.25, 0.3) is 0 Å². The van der Waals surface area contributed by atoms with Gasteiger partial charge < -0.3 is 15.8 Å². The van der Waals surface area contributed by atoms with E-state index >= 15 is 0 Å². The molecule has 1 aliphatic heterocycles. The minimum absolute atomic E-state index is 0.0460. The van der Waals surface area contributed by atoms with Crippen LogP contribution in [0.4, 0.5) is 0 Å². The van der Waals surface area contributed by atoms with Gasteiger partial charge in [-0.05, 0) is 32.1 Å². The molecule has 0 aromatic carbocycles. The normalized spacial score (nSPS) is 29.2. The second kappa shape index (κ2) is 6.53. The third-order valence-corrected chi connectivity index (χ3v) is 4.16. The molecule has 1 atom stereocenters. The Kier molecular flexibility index (Phi) is 5.01. The lowest BCUT2D eigenvalue weighted by atomic mass is 9.92. The van der Waals surface area contributed by atoms with E-state index in [1.165, 1.54) is 25.7 Å². The van der Waals surface area contributed by atoms with Crippen LogP contribution >= 0.6 is 0 Å². The molecular weight excluding hydrogens is 228 g/mol. The standard InChI is InChI=1S/C14H26N2O2/c15-14(8-4-1-2-5-9-14)11-18-12-7-3-6-10-16-13(12)17/h12H,1-11,15H2,(H,16,17). The van der Waals surface area contributed by atoms with Gasteiger partial charge in [0.05, 0.1) is 6.61 Å². The highest BCUT2D eigenvalue weighted by atomic mass is 16.5. The highest BCUT2D eigenvalue weighted by Gasteiger charge is 2.29. The zero-order valence-electron chi connectivity index (χ0n) is 11.2. The largest absolute Gasteiger partial charge is 0.366 e. The summed E-state index contributed by atoms with van der Waals surface area (Å²) in [6, 6.07) is 0. The molecule has 104 valence electrons. The molecule has 0 aromatic rings. The van der Waals surface area contributed by atoms with Gasteiger partial charge in [0.15, 0.2) is 0 Å². The number of carbonyl (C=O) groups is 1. The zero-order valence-corrected chi connectivity index (χ0v) is 11.2. The molecule has 1 heterocycles. The van der Waals surface area contributed by atoms with Crippen molar-refractivity contribution in [2.24, 2.45) is 5.73 Å². The predicted molar refractivity (Wildman–Crippen MR) is 71.2 cm³/mol. The van der Waals surface area contributed by atoms with Crippen LogP contribution in [0, 0.1) is 0 Å². The van der Waals surface area contributed by atoms with E-state index in [2.05, 4.69) is 5.32 Å². The smallest absolute Gasteiger partial charge is 0.249 e. The van der Waals surface area contributed by atoms with Crippen LogP contribution in [-0.4, -0.2) is 30.7 Å². The average molecular weight is 254 g/mol. The van der Waals surface area contributed by atoms with E-state index in [-0.39, 0.29) is 17.6 Å². The quantitative estimate of drug-likeness (QED) is 0.754. The number of rotatable bonds is 3. The summed E-state index contributed by atoms with van der Waals surface area (Å²) < 4.78 is 5.84. The van der Waals surface area contributed by atoms with Crippen molar-refractivity contribution in [3.63, 3.8) is 0 Å². The van der Waals surface area contributed by atoms with Crippen molar-refractivity contribution in [3.8, 4) is 0 Å². The van der Waals surface area contributed by atoms with Crippen LogP contribution in [0.5, 0.6) is 0 Å². The summed E-state index contributed by atoms with van der Waals surface area (Å²) in [5.41, 5.74) is 6.20. The van der Waals surface area contributed by atoms with Crippen LogP contribution < -0.4 is 11.1 Å². The van der Waals surface area contributed by atoms with Crippen molar-refractivity contribution in [2.45, 2.75) is 69.4 Å². The van der Waals surface area contributed by atoms with E-state index in [1.54, 1.807) is 0 Å². The van der Waals surface area contributed by atoms with Crippen molar-refractivity contribution in [3.05, 3.63) is 0 Å². The molecule has 0 bridgehead atoms.